The first-order chi connectivity index (χ1) is 24.7. The monoisotopic (exact) mass is 663 g/mol. The van der Waals surface area contributed by atoms with Crippen LogP contribution in [0.2, 0.25) is 0 Å². The SMILES string of the molecule is c1ccc2c(c1)-c1ccc(N(c3ccc4c(c3)sc3ccccc34)c3ccc4oc5ccccc5c4c3)cc1C21CC2CCC3CC2CC1C3. The molecule has 0 aliphatic heterocycles. The number of nitrogens with zero attached hydrogens (tertiary/aromatic N) is 1. The maximum absolute atomic E-state index is 6.31. The van der Waals surface area contributed by atoms with Crippen LogP contribution in [0.4, 0.5) is 17.1 Å². The molecule has 3 bridgehead atoms. The lowest BCUT2D eigenvalue weighted by atomic mass is 9.47. The van der Waals surface area contributed by atoms with Crippen molar-refractivity contribution in [2.45, 2.75) is 43.9 Å². The highest BCUT2D eigenvalue weighted by molar-refractivity contribution is 7.25. The van der Waals surface area contributed by atoms with Gasteiger partial charge in [-0.15, -0.1) is 11.3 Å². The number of hydrogen-bond donors (Lipinski definition) is 0. The van der Waals surface area contributed by atoms with E-state index in [-0.39, 0.29) is 5.41 Å². The zero-order valence-corrected chi connectivity index (χ0v) is 28.8. The van der Waals surface area contributed by atoms with Crippen LogP contribution in [0.3, 0.4) is 0 Å². The molecule has 0 N–H and O–H groups in total. The topological polar surface area (TPSA) is 16.4 Å². The Labute approximate surface area is 296 Å². The fourth-order valence-electron chi connectivity index (χ4n) is 11.4. The highest BCUT2D eigenvalue weighted by Gasteiger charge is 2.57. The number of hydrogen-bond acceptors (Lipinski definition) is 3. The highest BCUT2D eigenvalue weighted by atomic mass is 32.1. The van der Waals surface area contributed by atoms with E-state index < -0.39 is 0 Å². The number of furan rings is 1. The van der Waals surface area contributed by atoms with Crippen molar-refractivity contribution in [2.24, 2.45) is 23.7 Å². The second kappa shape index (κ2) is 10.1. The van der Waals surface area contributed by atoms with Crippen molar-refractivity contribution >= 4 is 70.5 Å². The zero-order valence-electron chi connectivity index (χ0n) is 27.9. The van der Waals surface area contributed by atoms with Gasteiger partial charge in [-0.3, -0.25) is 0 Å². The molecule has 12 rings (SSSR count). The number of rotatable bonds is 3. The Balaban J connectivity index is 1.09. The van der Waals surface area contributed by atoms with Crippen LogP contribution in [0.25, 0.3) is 53.2 Å². The van der Waals surface area contributed by atoms with Gasteiger partial charge in [-0.1, -0.05) is 79.2 Å². The summed E-state index contributed by atoms with van der Waals surface area (Å²) in [6, 6.07) is 48.0. The minimum atomic E-state index is 0.105. The lowest BCUT2D eigenvalue weighted by molar-refractivity contribution is -0.0103. The minimum absolute atomic E-state index is 0.105. The summed E-state index contributed by atoms with van der Waals surface area (Å²) in [6.07, 6.45) is 8.43. The van der Waals surface area contributed by atoms with Crippen molar-refractivity contribution in [2.75, 3.05) is 4.90 Å². The smallest absolute Gasteiger partial charge is 0.135 e. The molecule has 4 aliphatic carbocycles. The quantitative estimate of drug-likeness (QED) is 0.187. The average molecular weight is 664 g/mol. The molecule has 0 amide bonds. The van der Waals surface area contributed by atoms with Crippen LogP contribution >= 0.6 is 11.3 Å². The van der Waals surface area contributed by atoms with Crippen LogP contribution in [0, 0.1) is 23.7 Å². The van der Waals surface area contributed by atoms with E-state index in [2.05, 4.69) is 132 Å². The lowest BCUT2D eigenvalue weighted by Crippen LogP contribution is -2.50. The van der Waals surface area contributed by atoms with Crippen molar-refractivity contribution in [3.05, 3.63) is 139 Å². The summed E-state index contributed by atoms with van der Waals surface area (Å²) in [5.41, 5.74) is 11.7. The number of anilines is 3. The molecule has 2 heterocycles. The normalized spacial score (nSPS) is 24.8. The molecule has 50 heavy (non-hydrogen) atoms. The number of fused-ring (bicyclic) bond motifs is 14. The van der Waals surface area contributed by atoms with Gasteiger partial charge in [0.1, 0.15) is 11.2 Å². The highest BCUT2D eigenvalue weighted by Crippen LogP contribution is 2.66. The van der Waals surface area contributed by atoms with Gasteiger partial charge in [0.25, 0.3) is 0 Å². The minimum Gasteiger partial charge on any atom is -0.456 e. The van der Waals surface area contributed by atoms with Crippen molar-refractivity contribution in [1.82, 2.24) is 0 Å². The molecule has 0 radical (unpaired) electrons. The second-order valence-electron chi connectivity index (χ2n) is 15.7. The first-order valence-corrected chi connectivity index (χ1v) is 19.4. The van der Waals surface area contributed by atoms with E-state index in [0.29, 0.717) is 0 Å². The van der Waals surface area contributed by atoms with E-state index in [0.717, 1.165) is 51.3 Å². The fourth-order valence-corrected chi connectivity index (χ4v) is 12.5. The molecule has 3 fully saturated rings. The van der Waals surface area contributed by atoms with Gasteiger partial charge in [-0.25, -0.2) is 0 Å². The van der Waals surface area contributed by atoms with Crippen molar-refractivity contribution in [3.8, 4) is 11.1 Å². The maximum Gasteiger partial charge on any atom is 0.135 e. The Kier molecular flexibility index (Phi) is 5.64. The van der Waals surface area contributed by atoms with Gasteiger partial charge in [0.2, 0.25) is 0 Å². The van der Waals surface area contributed by atoms with Crippen LogP contribution in [-0.4, -0.2) is 0 Å². The fraction of sp³-hybridized carbons (Fsp3) is 0.234. The van der Waals surface area contributed by atoms with Crippen LogP contribution in [-0.2, 0) is 5.41 Å². The van der Waals surface area contributed by atoms with Crippen LogP contribution < -0.4 is 4.90 Å². The molecule has 5 atom stereocenters. The molecule has 6 aromatic carbocycles. The van der Waals surface area contributed by atoms with Gasteiger partial charge >= 0.3 is 0 Å². The molecule has 1 spiro atoms. The molecular weight excluding hydrogens is 627 g/mol. The Morgan fingerprint density at radius 1 is 0.540 bits per heavy atom. The van der Waals surface area contributed by atoms with Crippen LogP contribution in [0.15, 0.2) is 132 Å². The van der Waals surface area contributed by atoms with Gasteiger partial charge in [0.15, 0.2) is 0 Å². The number of benzene rings is 6. The first-order valence-electron chi connectivity index (χ1n) is 18.6. The molecule has 3 heteroatoms. The van der Waals surface area contributed by atoms with E-state index in [9.17, 15) is 0 Å². The van der Waals surface area contributed by atoms with E-state index in [1.165, 1.54) is 81.2 Å². The van der Waals surface area contributed by atoms with E-state index in [4.69, 9.17) is 4.42 Å². The van der Waals surface area contributed by atoms with Gasteiger partial charge in [-0.05, 0) is 133 Å². The third kappa shape index (κ3) is 3.74. The van der Waals surface area contributed by atoms with Gasteiger partial charge in [0, 0.05) is 53.4 Å². The predicted octanol–water partition coefficient (Wildman–Crippen LogP) is 13.5. The third-order valence-electron chi connectivity index (χ3n) is 13.4. The molecule has 4 aliphatic rings. The Hall–Kier alpha value is -4.86. The lowest BCUT2D eigenvalue weighted by Gasteiger charge is -2.57. The summed E-state index contributed by atoms with van der Waals surface area (Å²) in [5.74, 6) is 3.40. The van der Waals surface area contributed by atoms with Gasteiger partial charge in [0.05, 0.1) is 0 Å². The average Bonchev–Trinajstić information content (AvgIpc) is 3.80. The number of para-hydroxylation sites is 1. The second-order valence-corrected chi connectivity index (χ2v) is 16.8. The molecule has 3 saturated carbocycles. The van der Waals surface area contributed by atoms with E-state index >= 15 is 0 Å². The number of thiophene rings is 1. The van der Waals surface area contributed by atoms with E-state index in [1.807, 2.05) is 11.3 Å². The largest absolute Gasteiger partial charge is 0.456 e. The van der Waals surface area contributed by atoms with Gasteiger partial charge < -0.3 is 9.32 Å². The third-order valence-corrected chi connectivity index (χ3v) is 14.5. The maximum atomic E-state index is 6.31. The Morgan fingerprint density at radius 3 is 2.26 bits per heavy atom. The van der Waals surface area contributed by atoms with E-state index in [1.54, 1.807) is 11.1 Å². The summed E-state index contributed by atoms with van der Waals surface area (Å²) < 4.78 is 8.97. The standard InChI is InChI=1S/C47H37NOS/c1-4-10-41-35(7-1)36-18-15-33(25-42(36)47(41)27-29-14-13-28-21-30(29)23-31(47)22-28)48(32-17-20-44-40(24-32)37-8-2-5-11-43(37)49-44)34-16-19-39-38-9-3-6-12-45(38)50-46(39)26-34/h1-12,15-20,24-26,28-31H,13-14,21-23,27H2. The van der Waals surface area contributed by atoms with Crippen molar-refractivity contribution in [1.29, 1.82) is 0 Å². The molecule has 242 valence electrons. The Morgan fingerprint density at radius 2 is 1.28 bits per heavy atom. The summed E-state index contributed by atoms with van der Waals surface area (Å²) in [6.45, 7) is 0. The van der Waals surface area contributed by atoms with Crippen LogP contribution in [0.5, 0.6) is 0 Å². The Bertz CT molecular complexity index is 2680. The molecule has 2 aromatic heterocycles. The summed E-state index contributed by atoms with van der Waals surface area (Å²) in [5, 5.41) is 4.99. The predicted molar refractivity (Wildman–Crippen MR) is 209 cm³/mol. The summed E-state index contributed by atoms with van der Waals surface area (Å²) >= 11 is 1.89. The zero-order chi connectivity index (χ0) is 32.6. The molecule has 2 nitrogen and oxygen atoms in total. The summed E-state index contributed by atoms with van der Waals surface area (Å²) in [4.78, 5) is 2.51. The molecule has 5 unspecified atom stereocenters. The molecule has 0 saturated heterocycles. The van der Waals surface area contributed by atoms with Crippen LogP contribution in [0.1, 0.15) is 49.7 Å². The molecular formula is C47H37NOS. The van der Waals surface area contributed by atoms with Gasteiger partial charge in [-0.2, -0.15) is 0 Å². The van der Waals surface area contributed by atoms with Crippen molar-refractivity contribution in [3.63, 3.8) is 0 Å². The summed E-state index contributed by atoms with van der Waals surface area (Å²) in [7, 11) is 0. The molecule has 8 aromatic rings. The first kappa shape index (κ1) is 27.9. The van der Waals surface area contributed by atoms with Crippen molar-refractivity contribution < 1.29 is 4.42 Å².